The van der Waals surface area contributed by atoms with Gasteiger partial charge in [-0.2, -0.15) is 0 Å². The number of likely N-dealkylation sites (N-methyl/N-ethyl adjacent to an activating group) is 1. The minimum absolute atomic E-state index is 0.152. The van der Waals surface area contributed by atoms with Crippen LogP contribution < -0.4 is 10.6 Å². The van der Waals surface area contributed by atoms with E-state index < -0.39 is 0 Å². The van der Waals surface area contributed by atoms with Gasteiger partial charge in [-0.15, -0.1) is 0 Å². The van der Waals surface area contributed by atoms with Crippen LogP contribution in [0.3, 0.4) is 0 Å². The minimum Gasteiger partial charge on any atom is -0.308 e. The first-order valence-electron chi connectivity index (χ1n) is 10.1. The van der Waals surface area contributed by atoms with E-state index in [4.69, 9.17) is 0 Å². The van der Waals surface area contributed by atoms with Crippen molar-refractivity contribution in [3.63, 3.8) is 0 Å². The second-order valence-corrected chi connectivity index (χ2v) is 7.55. The van der Waals surface area contributed by atoms with Crippen LogP contribution in [0.2, 0.25) is 0 Å². The van der Waals surface area contributed by atoms with Crippen LogP contribution in [-0.2, 0) is 20.8 Å². The molecule has 2 N–H and O–H groups in total. The second-order valence-electron chi connectivity index (χ2n) is 7.55. The van der Waals surface area contributed by atoms with Crippen molar-refractivity contribution in [1.82, 2.24) is 15.6 Å². The average Bonchev–Trinajstić information content (AvgIpc) is 3.36. The molecule has 2 fully saturated rings. The van der Waals surface area contributed by atoms with Crippen LogP contribution in [0.5, 0.6) is 0 Å². The number of pyridine rings is 1. The van der Waals surface area contributed by atoms with Gasteiger partial charge in [0.1, 0.15) is 17.3 Å². The number of ketones is 3. The molecule has 0 amide bonds. The van der Waals surface area contributed by atoms with E-state index in [2.05, 4.69) is 15.6 Å². The van der Waals surface area contributed by atoms with Crippen molar-refractivity contribution in [3.05, 3.63) is 30.1 Å². The molecule has 156 valence electrons. The summed E-state index contributed by atoms with van der Waals surface area (Å²) in [6.45, 7) is 5.91. The predicted molar refractivity (Wildman–Crippen MR) is 111 cm³/mol. The van der Waals surface area contributed by atoms with Gasteiger partial charge in [0.2, 0.25) is 0 Å². The number of nitrogens with one attached hydrogen (secondary N) is 2. The lowest BCUT2D eigenvalue weighted by atomic mass is 9.93. The molecule has 0 aromatic carbocycles. The van der Waals surface area contributed by atoms with Crippen molar-refractivity contribution in [2.24, 2.45) is 0 Å². The summed E-state index contributed by atoms with van der Waals surface area (Å²) < 4.78 is 0. The van der Waals surface area contributed by atoms with Crippen LogP contribution >= 0.6 is 0 Å². The predicted octanol–water partition coefficient (Wildman–Crippen LogP) is 2.65. The van der Waals surface area contributed by atoms with Gasteiger partial charge in [-0.25, -0.2) is 0 Å². The molecular weight excluding hydrogens is 354 g/mol. The summed E-state index contributed by atoms with van der Waals surface area (Å²) in [5.74, 6) is 0.730. The van der Waals surface area contributed by atoms with E-state index in [0.29, 0.717) is 12.2 Å². The van der Waals surface area contributed by atoms with Crippen LogP contribution in [-0.4, -0.2) is 47.5 Å². The first kappa shape index (κ1) is 24.1. The Morgan fingerprint density at radius 1 is 1.14 bits per heavy atom. The molecule has 2 heterocycles. The average molecular weight is 390 g/mol. The Bertz CT molecular complexity index is 619. The van der Waals surface area contributed by atoms with E-state index in [1.54, 1.807) is 27.0 Å². The number of rotatable bonds is 5. The molecule has 1 aromatic rings. The summed E-state index contributed by atoms with van der Waals surface area (Å²) in [6, 6.07) is 5.74. The number of carbonyl (C=O) groups excluding carboxylic acids is 3. The highest BCUT2D eigenvalue weighted by atomic mass is 16.1. The Morgan fingerprint density at radius 3 is 2.14 bits per heavy atom. The zero-order valence-corrected chi connectivity index (χ0v) is 17.7. The van der Waals surface area contributed by atoms with Gasteiger partial charge in [0.25, 0.3) is 0 Å². The Labute approximate surface area is 168 Å². The molecule has 0 unspecified atom stereocenters. The largest absolute Gasteiger partial charge is 0.308 e. The molecule has 2 aliphatic rings. The maximum absolute atomic E-state index is 11.1. The maximum atomic E-state index is 11.1. The van der Waals surface area contributed by atoms with Gasteiger partial charge in [0.05, 0.1) is 11.6 Å². The monoisotopic (exact) mass is 389 g/mol. The number of aromatic nitrogens is 1. The molecule has 1 aliphatic carbocycles. The van der Waals surface area contributed by atoms with E-state index in [1.807, 2.05) is 25.2 Å². The zero-order chi connectivity index (χ0) is 21.0. The first-order valence-corrected chi connectivity index (χ1v) is 10.1. The maximum Gasteiger partial charge on any atom is 0.149 e. The van der Waals surface area contributed by atoms with Crippen molar-refractivity contribution in [2.45, 2.75) is 77.3 Å². The fourth-order valence-electron chi connectivity index (χ4n) is 3.55. The third-order valence-electron chi connectivity index (χ3n) is 5.32. The van der Waals surface area contributed by atoms with E-state index in [-0.39, 0.29) is 23.1 Å². The molecule has 6 heteroatoms. The lowest BCUT2D eigenvalue weighted by molar-refractivity contribution is -0.123. The zero-order valence-electron chi connectivity index (χ0n) is 17.7. The summed E-state index contributed by atoms with van der Waals surface area (Å²) >= 11 is 0. The molecule has 6 nitrogen and oxygen atoms in total. The van der Waals surface area contributed by atoms with E-state index in [0.717, 1.165) is 37.9 Å². The third kappa shape index (κ3) is 8.40. The fourth-order valence-corrected chi connectivity index (χ4v) is 3.55. The van der Waals surface area contributed by atoms with Gasteiger partial charge in [0, 0.05) is 18.3 Å². The molecule has 0 bridgehead atoms. The summed E-state index contributed by atoms with van der Waals surface area (Å²) in [4.78, 5) is 36.3. The smallest absolute Gasteiger partial charge is 0.149 e. The summed E-state index contributed by atoms with van der Waals surface area (Å²) in [7, 11) is 1.88. The second kappa shape index (κ2) is 12.5. The highest BCUT2D eigenvalue weighted by Gasteiger charge is 2.36. The molecule has 0 radical (unpaired) electrons. The van der Waals surface area contributed by atoms with E-state index >= 15 is 0 Å². The van der Waals surface area contributed by atoms with Crippen LogP contribution in [0.1, 0.15) is 65.0 Å². The summed E-state index contributed by atoms with van der Waals surface area (Å²) in [5.41, 5.74) is 0.690. The van der Waals surface area contributed by atoms with Crippen LogP contribution in [0.15, 0.2) is 24.4 Å². The number of hydrogen-bond acceptors (Lipinski definition) is 6. The van der Waals surface area contributed by atoms with Crippen LogP contribution in [0.4, 0.5) is 0 Å². The SMILES string of the molecule is CC(=O)Cc1ccccn1.CC(=O)[C@@H]1CCCN1.CNC1(C(C)=O)CCCC1. The molecule has 1 saturated carbocycles. The fraction of sp³-hybridized carbons (Fsp3) is 0.636. The van der Waals surface area contributed by atoms with Gasteiger partial charge >= 0.3 is 0 Å². The molecule has 0 spiro atoms. The van der Waals surface area contributed by atoms with Crippen molar-refractivity contribution >= 4 is 17.3 Å². The Kier molecular flexibility index (Phi) is 10.8. The van der Waals surface area contributed by atoms with Crippen molar-refractivity contribution in [3.8, 4) is 0 Å². The van der Waals surface area contributed by atoms with Gasteiger partial charge in [-0.3, -0.25) is 19.4 Å². The van der Waals surface area contributed by atoms with Crippen molar-refractivity contribution < 1.29 is 14.4 Å². The van der Waals surface area contributed by atoms with E-state index in [9.17, 15) is 14.4 Å². The number of carbonyl (C=O) groups is 3. The molecule has 1 atom stereocenters. The summed E-state index contributed by atoms with van der Waals surface area (Å²) in [6.07, 6.45) is 8.77. The highest BCUT2D eigenvalue weighted by Crippen LogP contribution is 2.29. The normalized spacial score (nSPS) is 19.6. The highest BCUT2D eigenvalue weighted by molar-refractivity contribution is 5.86. The first-order chi connectivity index (χ1) is 13.3. The molecular formula is C22H35N3O3. The number of Topliss-reactive ketones (excluding diaryl/α,β-unsaturated/α-hetero) is 3. The van der Waals surface area contributed by atoms with Gasteiger partial charge < -0.3 is 10.6 Å². The molecule has 1 aromatic heterocycles. The molecule has 1 saturated heterocycles. The van der Waals surface area contributed by atoms with Crippen LogP contribution in [0.25, 0.3) is 0 Å². The Balaban J connectivity index is 0.000000212. The number of nitrogens with zero attached hydrogens (tertiary/aromatic N) is 1. The minimum atomic E-state index is -0.153. The quantitative estimate of drug-likeness (QED) is 0.805. The van der Waals surface area contributed by atoms with Crippen LogP contribution in [0, 0.1) is 0 Å². The lowest BCUT2D eigenvalue weighted by Crippen LogP contribution is -2.46. The number of hydrogen-bond donors (Lipinski definition) is 2. The molecule has 3 rings (SSSR count). The lowest BCUT2D eigenvalue weighted by Gasteiger charge is -2.24. The molecule has 28 heavy (non-hydrogen) atoms. The van der Waals surface area contributed by atoms with Gasteiger partial charge in [-0.05, 0) is 72.2 Å². The topological polar surface area (TPSA) is 88.2 Å². The van der Waals surface area contributed by atoms with Crippen molar-refractivity contribution in [2.75, 3.05) is 13.6 Å². The Hall–Kier alpha value is -1.92. The third-order valence-corrected chi connectivity index (χ3v) is 5.32. The van der Waals surface area contributed by atoms with Gasteiger partial charge in [-0.1, -0.05) is 18.9 Å². The van der Waals surface area contributed by atoms with E-state index in [1.165, 1.54) is 12.8 Å². The molecule has 1 aliphatic heterocycles. The van der Waals surface area contributed by atoms with Gasteiger partial charge in [0.15, 0.2) is 0 Å². The van der Waals surface area contributed by atoms with Crippen molar-refractivity contribution in [1.29, 1.82) is 0 Å². The summed E-state index contributed by atoms with van der Waals surface area (Å²) in [5, 5.41) is 6.23. The standard InChI is InChI=1S/C8H15NO.C8H9NO.C6H11NO/c1-7(10)8(9-2)5-3-4-6-8;1-7(10)6-8-4-2-3-5-9-8;1-5(8)6-3-2-4-7-6/h9H,3-6H2,1-2H3;2-5H,6H2,1H3;6-7H,2-4H2,1H3/t;;6-/m..0/s1. The Morgan fingerprint density at radius 2 is 1.82 bits per heavy atom.